The molecule has 38 heavy (non-hydrogen) atoms. The number of benzene rings is 2. The Balaban J connectivity index is 1.68. The van der Waals surface area contributed by atoms with Gasteiger partial charge in [0.05, 0.1) is 0 Å². The van der Waals surface area contributed by atoms with E-state index in [1.165, 1.54) is 48.1 Å². The van der Waals surface area contributed by atoms with Crippen LogP contribution in [0.5, 0.6) is 11.5 Å². The maximum absolute atomic E-state index is 8.38. The summed E-state index contributed by atoms with van der Waals surface area (Å²) in [5, 5.41) is 3.62. The van der Waals surface area contributed by atoms with Crippen molar-refractivity contribution in [2.75, 3.05) is 40.1 Å². The molecule has 2 unspecified atom stereocenters. The first-order valence-corrected chi connectivity index (χ1v) is 14.4. The van der Waals surface area contributed by atoms with Crippen LogP contribution >= 0.6 is 11.8 Å². The van der Waals surface area contributed by atoms with Crippen molar-refractivity contribution in [2.24, 2.45) is 5.11 Å². The molecule has 0 bridgehead atoms. The number of azide groups is 1. The van der Waals surface area contributed by atoms with Crippen LogP contribution in [0.4, 0.5) is 0 Å². The van der Waals surface area contributed by atoms with E-state index in [9.17, 15) is 0 Å². The van der Waals surface area contributed by atoms with Gasteiger partial charge in [-0.05, 0) is 59.7 Å². The van der Waals surface area contributed by atoms with E-state index in [0.29, 0.717) is 18.2 Å². The molecule has 0 fully saturated rings. The van der Waals surface area contributed by atoms with Gasteiger partial charge < -0.3 is 19.1 Å². The lowest BCUT2D eigenvalue weighted by Gasteiger charge is -2.43. The molecule has 0 N–H and O–H groups in total. The third-order valence-electron chi connectivity index (χ3n) is 7.15. The molecular weight excluding hydrogens is 502 g/mol. The van der Waals surface area contributed by atoms with Gasteiger partial charge in [-0.25, -0.2) is 0 Å². The lowest BCUT2D eigenvalue weighted by atomic mass is 9.68. The Labute approximate surface area is 230 Å². The van der Waals surface area contributed by atoms with Crippen LogP contribution in [0.15, 0.2) is 52.5 Å². The molecule has 2 aromatic rings. The second kappa shape index (κ2) is 16.5. The Kier molecular flexibility index (Phi) is 13.1. The molecule has 1 heterocycles. The largest absolute Gasteiger partial charge is 0.468 e. The minimum atomic E-state index is -0.00631. The molecule has 2 atom stereocenters. The first-order valence-electron chi connectivity index (χ1n) is 13.4. The van der Waals surface area contributed by atoms with E-state index in [2.05, 4.69) is 41.2 Å². The lowest BCUT2D eigenvalue weighted by molar-refractivity contribution is -0.260. The Morgan fingerprint density at radius 2 is 1.61 bits per heavy atom. The van der Waals surface area contributed by atoms with Crippen molar-refractivity contribution in [3.8, 4) is 11.5 Å². The van der Waals surface area contributed by atoms with E-state index in [1.807, 2.05) is 30.0 Å². The second-order valence-corrected chi connectivity index (χ2v) is 10.9. The Hall–Kier alpha value is -2.42. The van der Waals surface area contributed by atoms with Crippen LogP contribution in [0.2, 0.25) is 0 Å². The maximum atomic E-state index is 8.38. The molecule has 1 aliphatic rings. The molecule has 208 valence electrons. The van der Waals surface area contributed by atoms with Crippen molar-refractivity contribution in [1.29, 1.82) is 0 Å². The standard InChI is InChI=1S/C29H41N3O5S/c1-29(23-12-14-24(15-13-23)35-21-33-2)20-38-28-19-25(37-36-22-34-3)16-17-26(28)27(29)11-9-7-5-4-6-8-10-18-31-32-30/h12-17,19,27H,4-11,18,20-22H2,1-3H3. The molecule has 9 heteroatoms. The molecule has 1 aliphatic heterocycles. The minimum Gasteiger partial charge on any atom is -0.468 e. The monoisotopic (exact) mass is 543 g/mol. The normalized spacial score (nSPS) is 18.4. The zero-order valence-corrected chi connectivity index (χ0v) is 23.7. The highest BCUT2D eigenvalue weighted by atomic mass is 32.2. The van der Waals surface area contributed by atoms with Gasteiger partial charge in [0.15, 0.2) is 19.3 Å². The van der Waals surface area contributed by atoms with Gasteiger partial charge in [0.25, 0.3) is 0 Å². The maximum Gasteiger partial charge on any atom is 0.192 e. The molecule has 0 saturated carbocycles. The van der Waals surface area contributed by atoms with Crippen LogP contribution in [0.1, 0.15) is 75.3 Å². The first kappa shape index (κ1) is 30.1. The van der Waals surface area contributed by atoms with Gasteiger partial charge in [-0.1, -0.05) is 68.8 Å². The predicted molar refractivity (Wildman–Crippen MR) is 151 cm³/mol. The van der Waals surface area contributed by atoms with Gasteiger partial charge in [-0.2, -0.15) is 4.89 Å². The number of unbranched alkanes of at least 4 members (excludes halogenated alkanes) is 6. The fourth-order valence-electron chi connectivity index (χ4n) is 5.07. The van der Waals surface area contributed by atoms with Crippen molar-refractivity contribution in [3.63, 3.8) is 0 Å². The number of hydrogen-bond donors (Lipinski definition) is 0. The average Bonchev–Trinajstić information content (AvgIpc) is 2.94. The molecule has 0 aromatic heterocycles. The third-order valence-corrected chi connectivity index (χ3v) is 8.56. The van der Waals surface area contributed by atoms with E-state index in [0.717, 1.165) is 30.8 Å². The summed E-state index contributed by atoms with van der Waals surface area (Å²) in [6.07, 6.45) is 9.33. The summed E-state index contributed by atoms with van der Waals surface area (Å²) in [4.78, 5) is 14.6. The van der Waals surface area contributed by atoms with Gasteiger partial charge >= 0.3 is 0 Å². The summed E-state index contributed by atoms with van der Waals surface area (Å²) in [5.41, 5.74) is 11.1. The minimum absolute atomic E-state index is 0.00631. The zero-order chi connectivity index (χ0) is 27.1. The summed E-state index contributed by atoms with van der Waals surface area (Å²) >= 11 is 1.88. The van der Waals surface area contributed by atoms with Crippen molar-refractivity contribution in [1.82, 2.24) is 0 Å². The molecule has 0 aliphatic carbocycles. The summed E-state index contributed by atoms with van der Waals surface area (Å²) in [6.45, 7) is 3.34. The molecule has 2 aromatic carbocycles. The highest BCUT2D eigenvalue weighted by molar-refractivity contribution is 7.99. The molecule has 0 amide bonds. The fraction of sp³-hybridized carbons (Fsp3) is 0.586. The topological polar surface area (TPSA) is 94.9 Å². The van der Waals surface area contributed by atoms with E-state index < -0.39 is 0 Å². The third kappa shape index (κ3) is 8.82. The quantitative estimate of drug-likeness (QED) is 0.0358. The van der Waals surface area contributed by atoms with E-state index in [1.54, 1.807) is 14.2 Å². The number of fused-ring (bicyclic) bond motifs is 1. The zero-order valence-electron chi connectivity index (χ0n) is 22.9. The van der Waals surface area contributed by atoms with Crippen molar-refractivity contribution in [2.45, 2.75) is 74.5 Å². The van der Waals surface area contributed by atoms with E-state index in [-0.39, 0.29) is 19.0 Å². The van der Waals surface area contributed by atoms with Gasteiger partial charge in [0, 0.05) is 41.7 Å². The van der Waals surface area contributed by atoms with Gasteiger partial charge in [-0.15, -0.1) is 11.8 Å². The Morgan fingerprint density at radius 1 is 0.921 bits per heavy atom. The Morgan fingerprint density at radius 3 is 2.32 bits per heavy atom. The van der Waals surface area contributed by atoms with Gasteiger partial charge in [0.2, 0.25) is 0 Å². The van der Waals surface area contributed by atoms with Crippen LogP contribution in [0, 0.1) is 0 Å². The number of rotatable bonds is 18. The SMILES string of the molecule is COCOOc1ccc2c(c1)SCC(C)(c1ccc(OCOC)cc1)C2CCCCCCCCCN=[N+]=[N-]. The number of ether oxygens (including phenoxy) is 3. The average molecular weight is 544 g/mol. The smallest absolute Gasteiger partial charge is 0.192 e. The fourth-order valence-corrected chi connectivity index (χ4v) is 6.47. The highest BCUT2D eigenvalue weighted by Gasteiger charge is 2.41. The summed E-state index contributed by atoms with van der Waals surface area (Å²) in [5.74, 6) is 2.88. The van der Waals surface area contributed by atoms with E-state index >= 15 is 0 Å². The van der Waals surface area contributed by atoms with Gasteiger partial charge in [0.1, 0.15) is 5.75 Å². The molecule has 0 saturated heterocycles. The molecule has 3 rings (SSSR count). The first-order chi connectivity index (χ1) is 18.6. The van der Waals surface area contributed by atoms with Crippen LogP contribution in [0.25, 0.3) is 10.4 Å². The molecule has 0 radical (unpaired) electrons. The summed E-state index contributed by atoms with van der Waals surface area (Å²) in [6, 6.07) is 14.8. The molecule has 8 nitrogen and oxygen atoms in total. The lowest BCUT2D eigenvalue weighted by Crippen LogP contribution is -2.36. The number of methoxy groups -OCH3 is 2. The number of hydrogen-bond acceptors (Lipinski definition) is 7. The number of nitrogens with zero attached hydrogens (tertiary/aromatic N) is 3. The molecular formula is C29H41N3O5S. The summed E-state index contributed by atoms with van der Waals surface area (Å²) < 4.78 is 15.6. The van der Waals surface area contributed by atoms with Gasteiger partial charge in [-0.3, -0.25) is 0 Å². The molecule has 0 spiro atoms. The van der Waals surface area contributed by atoms with Crippen molar-refractivity contribution < 1.29 is 24.0 Å². The van der Waals surface area contributed by atoms with Crippen LogP contribution in [-0.4, -0.2) is 40.1 Å². The summed E-state index contributed by atoms with van der Waals surface area (Å²) in [7, 11) is 3.20. The Bertz CT molecular complexity index is 1020. The van der Waals surface area contributed by atoms with Crippen LogP contribution in [0.3, 0.4) is 0 Å². The van der Waals surface area contributed by atoms with Crippen LogP contribution in [-0.2, 0) is 19.8 Å². The van der Waals surface area contributed by atoms with E-state index in [4.69, 9.17) is 29.5 Å². The number of thioether (sulfide) groups is 1. The predicted octanol–water partition coefficient (Wildman–Crippen LogP) is 8.16. The second-order valence-electron chi connectivity index (χ2n) is 9.86. The van der Waals surface area contributed by atoms with Crippen molar-refractivity contribution >= 4 is 11.8 Å². The van der Waals surface area contributed by atoms with Crippen molar-refractivity contribution in [3.05, 3.63) is 64.0 Å². The highest BCUT2D eigenvalue weighted by Crippen LogP contribution is 2.52. The van der Waals surface area contributed by atoms with Crippen LogP contribution < -0.4 is 9.62 Å².